The molecule has 9 heteroatoms. The van der Waals surface area contributed by atoms with Gasteiger partial charge < -0.3 is 4.98 Å². The maximum atomic E-state index is 14.2. The molecule has 26 heavy (non-hydrogen) atoms. The predicted octanol–water partition coefficient (Wildman–Crippen LogP) is 3.57. The van der Waals surface area contributed by atoms with E-state index in [-0.39, 0.29) is 16.9 Å². The van der Waals surface area contributed by atoms with E-state index in [0.717, 1.165) is 12.1 Å². The van der Waals surface area contributed by atoms with E-state index < -0.39 is 23.5 Å². The highest BCUT2D eigenvalue weighted by atomic mass is 19.4. The molecule has 1 atom stereocenters. The van der Waals surface area contributed by atoms with E-state index in [4.69, 9.17) is 0 Å². The molecule has 0 aliphatic carbocycles. The highest BCUT2D eigenvalue weighted by Crippen LogP contribution is 2.33. The largest absolute Gasteiger partial charge is 0.416 e. The molecule has 2 aromatic heterocycles. The number of halogens is 4. The number of benzene rings is 1. The summed E-state index contributed by atoms with van der Waals surface area (Å²) in [6, 6.07) is 3.71. The Morgan fingerprint density at radius 2 is 1.96 bits per heavy atom. The second-order valence-corrected chi connectivity index (χ2v) is 5.86. The number of aryl methyl sites for hydroxylation is 1. The van der Waals surface area contributed by atoms with E-state index in [9.17, 15) is 22.4 Å². The van der Waals surface area contributed by atoms with Crippen LogP contribution < -0.4 is 5.56 Å². The highest BCUT2D eigenvalue weighted by molar-refractivity contribution is 5.35. The number of aromatic amines is 1. The van der Waals surface area contributed by atoms with Crippen molar-refractivity contribution in [3.8, 4) is 5.82 Å². The average molecular weight is 366 g/mol. The van der Waals surface area contributed by atoms with Gasteiger partial charge in [0.2, 0.25) is 0 Å². The quantitative estimate of drug-likeness (QED) is 0.721. The molecule has 1 aromatic carbocycles. The third kappa shape index (κ3) is 3.51. The lowest BCUT2D eigenvalue weighted by Gasteiger charge is -2.13. The highest BCUT2D eigenvalue weighted by Gasteiger charge is 2.31. The molecule has 0 amide bonds. The lowest BCUT2D eigenvalue weighted by atomic mass is 9.94. The average Bonchev–Trinajstić information content (AvgIpc) is 3.02. The summed E-state index contributed by atoms with van der Waals surface area (Å²) in [5.74, 6) is -0.775. The fourth-order valence-corrected chi connectivity index (χ4v) is 2.60. The number of aromatic nitrogens is 4. The molecule has 0 saturated heterocycles. The number of H-pyrrole nitrogens is 1. The summed E-state index contributed by atoms with van der Waals surface area (Å²) in [5.41, 5.74) is -0.688. The van der Waals surface area contributed by atoms with Gasteiger partial charge >= 0.3 is 6.18 Å². The van der Waals surface area contributed by atoms with Crippen molar-refractivity contribution < 1.29 is 17.6 Å². The van der Waals surface area contributed by atoms with Gasteiger partial charge in [0, 0.05) is 18.2 Å². The zero-order valence-corrected chi connectivity index (χ0v) is 13.8. The van der Waals surface area contributed by atoms with Gasteiger partial charge in [0.25, 0.3) is 5.56 Å². The Hall–Kier alpha value is -2.97. The number of nitrogens with one attached hydrogen (secondary N) is 1. The van der Waals surface area contributed by atoms with E-state index in [2.05, 4.69) is 15.1 Å². The van der Waals surface area contributed by atoms with Crippen LogP contribution in [0, 0.1) is 12.7 Å². The first kappa shape index (κ1) is 17.8. The number of nitrogens with zero attached hydrogens (tertiary/aromatic N) is 3. The molecule has 0 spiro atoms. The molecule has 0 aliphatic rings. The van der Waals surface area contributed by atoms with Crippen LogP contribution >= 0.6 is 0 Å². The van der Waals surface area contributed by atoms with Crippen molar-refractivity contribution in [1.29, 1.82) is 0 Å². The van der Waals surface area contributed by atoms with Crippen LogP contribution in [0.25, 0.3) is 5.82 Å². The fraction of sp³-hybridized carbons (Fsp3) is 0.235. The smallest absolute Gasteiger partial charge is 0.311 e. The molecule has 0 radical (unpaired) electrons. The van der Waals surface area contributed by atoms with Crippen LogP contribution in [-0.2, 0) is 6.18 Å². The van der Waals surface area contributed by atoms with Gasteiger partial charge in [-0.3, -0.25) is 4.79 Å². The van der Waals surface area contributed by atoms with Crippen LogP contribution in [-0.4, -0.2) is 19.7 Å². The van der Waals surface area contributed by atoms with E-state index >= 15 is 0 Å². The molecule has 0 unspecified atom stereocenters. The van der Waals surface area contributed by atoms with Gasteiger partial charge in [0.1, 0.15) is 11.6 Å². The van der Waals surface area contributed by atoms with Gasteiger partial charge in [-0.2, -0.15) is 18.3 Å². The standard InChI is InChI=1S/C17H14F4N4O/c1-9(13-4-3-12(5-14(13)18)17(19,20)21)11-7-22-25(8-11)15-6-16(26)24-10(2)23-15/h3-9H,1-2H3,(H,23,24,26)/t9-/m1/s1. The van der Waals surface area contributed by atoms with Gasteiger partial charge in [-0.15, -0.1) is 0 Å². The van der Waals surface area contributed by atoms with Crippen molar-refractivity contribution >= 4 is 0 Å². The van der Waals surface area contributed by atoms with Crippen LogP contribution in [0.15, 0.2) is 41.5 Å². The molecule has 1 N–H and O–H groups in total. The molecule has 0 fully saturated rings. The summed E-state index contributed by atoms with van der Waals surface area (Å²) < 4.78 is 53.5. The van der Waals surface area contributed by atoms with Crippen molar-refractivity contribution in [1.82, 2.24) is 19.7 Å². The fourth-order valence-electron chi connectivity index (χ4n) is 2.60. The Bertz CT molecular complexity index is 1010. The van der Waals surface area contributed by atoms with Crippen molar-refractivity contribution in [2.24, 2.45) is 0 Å². The first-order chi connectivity index (χ1) is 12.1. The minimum Gasteiger partial charge on any atom is -0.311 e. The van der Waals surface area contributed by atoms with E-state index in [1.54, 1.807) is 20.0 Å². The monoisotopic (exact) mass is 366 g/mol. The second-order valence-electron chi connectivity index (χ2n) is 5.86. The first-order valence-corrected chi connectivity index (χ1v) is 7.64. The third-order valence-corrected chi connectivity index (χ3v) is 3.98. The third-order valence-electron chi connectivity index (χ3n) is 3.98. The predicted molar refractivity (Wildman–Crippen MR) is 85.6 cm³/mol. The van der Waals surface area contributed by atoms with E-state index in [1.807, 2.05) is 0 Å². The van der Waals surface area contributed by atoms with Gasteiger partial charge in [0.05, 0.1) is 11.8 Å². The van der Waals surface area contributed by atoms with Crippen molar-refractivity contribution in [3.63, 3.8) is 0 Å². The van der Waals surface area contributed by atoms with Crippen molar-refractivity contribution in [2.75, 3.05) is 0 Å². The minimum absolute atomic E-state index is 0.118. The number of alkyl halides is 3. The van der Waals surface area contributed by atoms with Crippen LogP contribution in [0.2, 0.25) is 0 Å². The maximum absolute atomic E-state index is 14.2. The number of hydrogen-bond donors (Lipinski definition) is 1. The van der Waals surface area contributed by atoms with Gasteiger partial charge in [-0.1, -0.05) is 13.0 Å². The van der Waals surface area contributed by atoms with E-state index in [1.165, 1.54) is 16.9 Å². The molecule has 3 aromatic rings. The molecule has 2 heterocycles. The molecular weight excluding hydrogens is 352 g/mol. The van der Waals surface area contributed by atoms with Crippen LogP contribution in [0.3, 0.4) is 0 Å². The molecule has 0 saturated carbocycles. The summed E-state index contributed by atoms with van der Waals surface area (Å²) in [6.45, 7) is 3.28. The lowest BCUT2D eigenvalue weighted by Crippen LogP contribution is -2.12. The Balaban J connectivity index is 1.93. The summed E-state index contributed by atoms with van der Waals surface area (Å²) >= 11 is 0. The number of hydrogen-bond acceptors (Lipinski definition) is 3. The zero-order valence-electron chi connectivity index (χ0n) is 13.8. The lowest BCUT2D eigenvalue weighted by molar-refractivity contribution is -0.137. The molecule has 0 bridgehead atoms. The SMILES string of the molecule is Cc1nc(-n2cc([C@@H](C)c3ccc(C(F)(F)F)cc3F)cn2)cc(=O)[nH]1. The molecule has 0 aliphatic heterocycles. The Labute approximate surface area is 145 Å². The summed E-state index contributed by atoms with van der Waals surface area (Å²) in [4.78, 5) is 18.2. The Morgan fingerprint density at radius 3 is 2.58 bits per heavy atom. The Morgan fingerprint density at radius 1 is 1.23 bits per heavy atom. The first-order valence-electron chi connectivity index (χ1n) is 7.64. The minimum atomic E-state index is -4.60. The van der Waals surface area contributed by atoms with Crippen molar-refractivity contribution in [2.45, 2.75) is 25.9 Å². The number of rotatable bonds is 3. The summed E-state index contributed by atoms with van der Waals surface area (Å²) in [7, 11) is 0. The van der Waals surface area contributed by atoms with Crippen LogP contribution in [0.5, 0.6) is 0 Å². The van der Waals surface area contributed by atoms with Gasteiger partial charge in [-0.05, 0) is 30.2 Å². The zero-order chi connectivity index (χ0) is 19.1. The topological polar surface area (TPSA) is 63.6 Å². The van der Waals surface area contributed by atoms with Crippen LogP contribution in [0.4, 0.5) is 17.6 Å². The second kappa shape index (κ2) is 6.40. The maximum Gasteiger partial charge on any atom is 0.416 e. The summed E-state index contributed by atoms with van der Waals surface area (Å²) in [6.07, 6.45) is -1.58. The van der Waals surface area contributed by atoms with Crippen LogP contribution in [0.1, 0.15) is 35.4 Å². The normalized spacial score (nSPS) is 13.0. The molecular formula is C17H14F4N4O. The van der Waals surface area contributed by atoms with E-state index in [0.29, 0.717) is 17.5 Å². The molecule has 3 rings (SSSR count). The molecule has 5 nitrogen and oxygen atoms in total. The molecule has 136 valence electrons. The van der Waals surface area contributed by atoms with Gasteiger partial charge in [-0.25, -0.2) is 14.1 Å². The van der Waals surface area contributed by atoms with Crippen molar-refractivity contribution in [3.05, 3.63) is 75.3 Å². The van der Waals surface area contributed by atoms with Gasteiger partial charge in [0.15, 0.2) is 5.82 Å². The Kier molecular flexibility index (Phi) is 4.39. The summed E-state index contributed by atoms with van der Waals surface area (Å²) in [5, 5.41) is 4.10.